The van der Waals surface area contributed by atoms with Gasteiger partial charge in [-0.25, -0.2) is 0 Å². The van der Waals surface area contributed by atoms with Crippen LogP contribution >= 0.6 is 18.8 Å². The van der Waals surface area contributed by atoms with E-state index < -0.39 is 16.5 Å². The van der Waals surface area contributed by atoms with Crippen molar-refractivity contribution < 1.29 is 37.5 Å². The quantitative estimate of drug-likeness (QED) is 0.0892. The van der Waals surface area contributed by atoms with Crippen LogP contribution in [0.5, 0.6) is 0 Å². The van der Waals surface area contributed by atoms with E-state index in [4.69, 9.17) is 44.0 Å². The van der Waals surface area contributed by atoms with Gasteiger partial charge in [-0.3, -0.25) is 9.97 Å². The molecule has 0 aliphatic heterocycles. The Morgan fingerprint density at radius 2 is 0.617 bits per heavy atom. The number of nitrogens with zero attached hydrogens (tertiary/aromatic N) is 7. The van der Waals surface area contributed by atoms with Crippen molar-refractivity contribution >= 4 is 74.5 Å². The molecule has 0 bridgehead atoms. The third-order valence-corrected chi connectivity index (χ3v) is 20.9. The second-order valence-electron chi connectivity index (χ2n) is 28.4. The fourth-order valence-electron chi connectivity index (χ4n) is 14.9. The second kappa shape index (κ2) is 39.6. The van der Waals surface area contributed by atoms with E-state index in [9.17, 15) is 0 Å². The number of aryl methyl sites for hydroxylation is 2. The normalized spacial score (nSPS) is 10.7. The molecule has 15 aromatic carbocycles. The van der Waals surface area contributed by atoms with Crippen molar-refractivity contribution in [1.29, 1.82) is 5.26 Å². The summed E-state index contributed by atoms with van der Waals surface area (Å²) in [6.07, 6.45) is 7.73. The Kier molecular flexibility index (Phi) is 26.9. The van der Waals surface area contributed by atoms with Gasteiger partial charge in [-0.05, 0) is 198 Å². The van der Waals surface area contributed by atoms with Crippen LogP contribution in [0, 0.1) is 37.3 Å². The number of halogens is 2. The summed E-state index contributed by atoms with van der Waals surface area (Å²) in [6.45, 7) is 4.23. The molecule has 0 saturated carbocycles. The van der Waals surface area contributed by atoms with Crippen molar-refractivity contribution in [2.24, 2.45) is 0 Å². The molecular weight excluding hydrogens is 1870 g/mol. The van der Waals surface area contributed by atoms with E-state index in [0.717, 1.165) is 129 Å². The molecule has 7 nitrogen and oxygen atoms in total. The monoisotopic (exact) mass is 1940 g/mol. The van der Waals surface area contributed by atoms with Gasteiger partial charge >= 0.3 is 56.4 Å². The third kappa shape index (κ3) is 19.3. The van der Waals surface area contributed by atoms with Gasteiger partial charge in [-0.15, -0.1) is 59.7 Å². The summed E-state index contributed by atoms with van der Waals surface area (Å²) in [4.78, 5) is 24.1. The van der Waals surface area contributed by atoms with Crippen molar-refractivity contribution in [2.75, 3.05) is 9.80 Å². The van der Waals surface area contributed by atoms with Crippen LogP contribution in [0.3, 0.4) is 0 Å². The summed E-state index contributed by atoms with van der Waals surface area (Å²) in [6, 6.07) is 151. The van der Waals surface area contributed by atoms with Crippen LogP contribution in [0.25, 0.3) is 133 Å². The van der Waals surface area contributed by atoms with Crippen LogP contribution in [-0.2, 0) is 37.5 Å². The van der Waals surface area contributed by atoms with Crippen molar-refractivity contribution in [1.82, 2.24) is 19.9 Å². The standard InChI is InChI=1S/C51H37N3.C51H35N3.C7H5N.2ClH.2Pt/c2*1-36-35-53-50(34-48(36)41-15-6-3-7-16-41)44-20-11-22-46(32-44)54(51-24-12-18-40-17-8-9-23-47(40)51)45-21-10-19-43(31-45)49-33-42(29-30-52-49)39-27-25-38(26-28-39)37-13-4-2-5-14-37;8-6-7-4-2-1-3-5-7;;;;/h2-35H,1H3;2-30,33-35H,1H3;1-5H;2*1H;;/q;-2;;;;2*+2/p-2. The van der Waals surface area contributed by atoms with Gasteiger partial charge in [0.05, 0.1) is 34.4 Å². The number of aromatic nitrogens is 4. The predicted molar refractivity (Wildman–Crippen MR) is 493 cm³/mol. The minimum absolute atomic E-state index is 0. The van der Waals surface area contributed by atoms with E-state index in [-0.39, 0.29) is 21.1 Å². The summed E-state index contributed by atoms with van der Waals surface area (Å²) in [5.74, 6) is 0. The van der Waals surface area contributed by atoms with Gasteiger partial charge in [-0.2, -0.15) is 5.26 Å². The number of anilines is 6. The molecule has 0 fully saturated rings. The number of hydrogen-bond donors (Lipinski definition) is 0. The molecule has 0 atom stereocenters. The van der Waals surface area contributed by atoms with Gasteiger partial charge < -0.3 is 19.8 Å². The number of benzene rings is 15. The first-order valence-electron chi connectivity index (χ1n) is 39.1. The van der Waals surface area contributed by atoms with Gasteiger partial charge in [0.25, 0.3) is 0 Å². The molecule has 4 heterocycles. The summed E-state index contributed by atoms with van der Waals surface area (Å²) < 4.78 is 0. The second-order valence-corrected chi connectivity index (χ2v) is 31.7. The molecule has 0 saturated heterocycles. The van der Waals surface area contributed by atoms with Gasteiger partial charge in [0.2, 0.25) is 0 Å². The zero-order valence-corrected chi connectivity index (χ0v) is 71.6. The average Bonchev–Trinajstić information content (AvgIpc) is 0.764. The summed E-state index contributed by atoms with van der Waals surface area (Å²) in [5, 5.41) is 12.9. The van der Waals surface area contributed by atoms with E-state index in [1.807, 2.05) is 67.3 Å². The van der Waals surface area contributed by atoms with Crippen molar-refractivity contribution in [3.63, 3.8) is 0 Å². The smallest absolute Gasteiger partial charge is 2.00 e. The Bertz CT molecular complexity index is 6320. The molecule has 4 aromatic heterocycles. The van der Waals surface area contributed by atoms with Gasteiger partial charge in [0.15, 0.2) is 0 Å². The van der Waals surface area contributed by atoms with Gasteiger partial charge in [0, 0.05) is 58.1 Å². The van der Waals surface area contributed by atoms with E-state index in [0.29, 0.717) is 5.56 Å². The summed E-state index contributed by atoms with van der Waals surface area (Å²) in [5.41, 5.74) is 30.5. The predicted octanol–water partition coefficient (Wildman–Crippen LogP) is 30.0. The first-order valence-corrected chi connectivity index (χ1v) is 44.7. The molecule has 120 heavy (non-hydrogen) atoms. The maximum Gasteiger partial charge on any atom is 2.00 e. The molecule has 0 aliphatic rings. The molecule has 0 radical (unpaired) electrons. The molecule has 0 amide bonds. The molecule has 582 valence electrons. The summed E-state index contributed by atoms with van der Waals surface area (Å²) in [7, 11) is 9.75. The molecule has 0 spiro atoms. The molecule has 0 N–H and O–H groups in total. The first-order chi connectivity index (χ1) is 58.7. The minimum Gasteiger partial charge on any atom is 2.00 e. The average molecular weight is 1950 g/mol. The van der Waals surface area contributed by atoms with Crippen LogP contribution in [0.15, 0.2) is 431 Å². The fraction of sp³-hybridized carbons (Fsp3) is 0.0183. The summed E-state index contributed by atoms with van der Waals surface area (Å²) >= 11 is -0.472. The van der Waals surface area contributed by atoms with Crippen molar-refractivity contribution in [2.45, 2.75) is 13.8 Å². The van der Waals surface area contributed by atoms with Crippen molar-refractivity contribution in [3.05, 3.63) is 460 Å². The molecule has 11 heteroatoms. The number of fused-ring (bicyclic) bond motifs is 2. The van der Waals surface area contributed by atoms with E-state index in [1.54, 1.807) is 12.1 Å². The molecular formula is C109H77Cl2N7Pt2. The Balaban J connectivity index is 0.000000165. The first kappa shape index (κ1) is 81.6. The zero-order valence-electron chi connectivity index (χ0n) is 65.5. The maximum absolute atomic E-state index is 8.29. The number of pyridine rings is 4. The van der Waals surface area contributed by atoms with Gasteiger partial charge in [-0.1, -0.05) is 297 Å². The minimum atomic E-state index is -0.472. The van der Waals surface area contributed by atoms with Crippen LogP contribution in [0.1, 0.15) is 16.7 Å². The van der Waals surface area contributed by atoms with Crippen LogP contribution in [0.4, 0.5) is 34.1 Å². The Morgan fingerprint density at radius 3 is 1.07 bits per heavy atom. The van der Waals surface area contributed by atoms with Gasteiger partial charge in [0.1, 0.15) is 0 Å². The molecule has 19 rings (SSSR count). The largest absolute Gasteiger partial charge is 2.00 e. The fourth-order valence-corrected chi connectivity index (χ4v) is 14.9. The van der Waals surface area contributed by atoms with Crippen molar-refractivity contribution in [3.8, 4) is 118 Å². The Morgan fingerprint density at radius 1 is 0.292 bits per heavy atom. The Labute approximate surface area is 732 Å². The Hall–Kier alpha value is -13.5. The van der Waals surface area contributed by atoms with Crippen LogP contribution < -0.4 is 9.80 Å². The molecule has 19 aromatic rings. The molecule has 0 aliphatic carbocycles. The number of rotatable bonds is 16. The van der Waals surface area contributed by atoms with E-state index in [2.05, 4.69) is 394 Å². The maximum atomic E-state index is 8.29. The topological polar surface area (TPSA) is 81.8 Å². The van der Waals surface area contributed by atoms with Crippen LogP contribution in [0.2, 0.25) is 0 Å². The van der Waals surface area contributed by atoms with E-state index in [1.165, 1.54) is 49.7 Å². The van der Waals surface area contributed by atoms with Crippen LogP contribution in [-0.4, -0.2) is 19.9 Å². The third-order valence-electron chi connectivity index (χ3n) is 20.9. The zero-order chi connectivity index (χ0) is 81.1. The van der Waals surface area contributed by atoms with E-state index >= 15 is 0 Å². The molecule has 0 unspecified atom stereocenters. The SMILES string of the molecule is Cc1cnc(-c2[c-]c(N(c3[c-]c(-c4cc(-c5ccc(-c6ccccc6)cc5)ccn4)ccc3)c3cccc4ccccc34)ccc2)cc1-c1ccccc1.Cc1cnc(-c2cccc(N(c3cccc(-c4cc(-c5ccc(-c6ccccc6)cc5)ccn4)c3)c3cccc4ccccc34)c2)cc1-c1ccccc1.N#Cc1ccccc1.[Cl][Pt][Cl].[Pt+2]. The number of hydrogen-bond acceptors (Lipinski definition) is 7. The number of nitriles is 1.